The summed E-state index contributed by atoms with van der Waals surface area (Å²) in [5.41, 5.74) is 1.77. The Labute approximate surface area is 190 Å². The van der Waals surface area contributed by atoms with Crippen molar-refractivity contribution in [2.45, 2.75) is 37.1 Å². The van der Waals surface area contributed by atoms with Crippen molar-refractivity contribution in [3.8, 4) is 11.5 Å². The van der Waals surface area contributed by atoms with Crippen LogP contribution in [0.15, 0.2) is 47.4 Å². The molecule has 174 valence electrons. The van der Waals surface area contributed by atoms with Crippen molar-refractivity contribution in [1.82, 2.24) is 14.9 Å². The highest BCUT2D eigenvalue weighted by atomic mass is 32.2. The van der Waals surface area contributed by atoms with Crippen LogP contribution in [0.25, 0.3) is 0 Å². The summed E-state index contributed by atoms with van der Waals surface area (Å²) < 4.78 is 37.6. The Balaban J connectivity index is 1.47. The molecule has 2 N–H and O–H groups in total. The summed E-state index contributed by atoms with van der Waals surface area (Å²) in [7, 11) is -0.235. The summed E-state index contributed by atoms with van der Waals surface area (Å²) >= 11 is 0. The average Bonchev–Trinajstić information content (AvgIpc) is 2.83. The number of carbonyl (C=O) groups is 1. The number of carbonyl (C=O) groups excluding carboxylic acids is 1. The molecule has 3 rings (SSSR count). The number of benzene rings is 2. The van der Waals surface area contributed by atoms with Crippen molar-refractivity contribution in [1.29, 1.82) is 0 Å². The smallest absolute Gasteiger partial charge is 0.315 e. The van der Waals surface area contributed by atoms with Crippen LogP contribution in [0.2, 0.25) is 0 Å². The molecule has 1 aliphatic heterocycles. The molecular formula is C23H31N3O5S. The molecule has 8 nitrogen and oxygen atoms in total. The minimum Gasteiger partial charge on any atom is -0.497 e. The first-order valence-corrected chi connectivity index (χ1v) is 12.2. The molecule has 9 heteroatoms. The molecule has 0 radical (unpaired) electrons. The van der Waals surface area contributed by atoms with Gasteiger partial charge in [-0.2, -0.15) is 4.31 Å². The fraction of sp³-hybridized carbons (Fsp3) is 0.435. The van der Waals surface area contributed by atoms with E-state index in [-0.39, 0.29) is 6.03 Å². The van der Waals surface area contributed by atoms with Crippen molar-refractivity contribution in [2.24, 2.45) is 0 Å². The Hall–Kier alpha value is -2.78. The lowest BCUT2D eigenvalue weighted by molar-refractivity contribution is 0.240. The van der Waals surface area contributed by atoms with E-state index in [0.29, 0.717) is 37.5 Å². The second-order valence-corrected chi connectivity index (χ2v) is 9.58. The quantitative estimate of drug-likeness (QED) is 0.599. The first-order valence-electron chi connectivity index (χ1n) is 10.8. The van der Waals surface area contributed by atoms with Crippen LogP contribution in [0.5, 0.6) is 11.5 Å². The lowest BCUT2D eigenvalue weighted by atomic mass is 10.1. The van der Waals surface area contributed by atoms with E-state index >= 15 is 0 Å². The maximum Gasteiger partial charge on any atom is 0.315 e. The minimum atomic E-state index is -3.44. The van der Waals surface area contributed by atoms with Gasteiger partial charge in [0.15, 0.2) is 0 Å². The van der Waals surface area contributed by atoms with E-state index in [1.54, 1.807) is 42.8 Å². The van der Waals surface area contributed by atoms with E-state index in [9.17, 15) is 13.2 Å². The Morgan fingerprint density at radius 3 is 2.34 bits per heavy atom. The van der Waals surface area contributed by atoms with Crippen LogP contribution >= 0.6 is 0 Å². The third-order valence-electron chi connectivity index (χ3n) is 5.50. The molecule has 0 atom stereocenters. The third kappa shape index (κ3) is 6.14. The van der Waals surface area contributed by atoms with Gasteiger partial charge in [-0.15, -0.1) is 0 Å². The maximum atomic E-state index is 12.7. The van der Waals surface area contributed by atoms with Crippen LogP contribution in [-0.4, -0.2) is 52.6 Å². The van der Waals surface area contributed by atoms with E-state index in [1.807, 2.05) is 18.2 Å². The standard InChI is InChI=1S/C23H31N3O5S/c1-30-20-8-11-22(31-2)19(16-20)12-13-24-23(27)25-17-18-6-9-21(10-7-18)32(28,29)26-14-4-3-5-15-26/h6-11,16H,3-5,12-15,17H2,1-2H3,(H2,24,25,27). The molecule has 1 heterocycles. The fourth-order valence-electron chi connectivity index (χ4n) is 3.67. The van der Waals surface area contributed by atoms with Crippen LogP contribution in [0.4, 0.5) is 4.79 Å². The normalized spacial score (nSPS) is 14.6. The van der Waals surface area contributed by atoms with Crippen molar-refractivity contribution in [3.63, 3.8) is 0 Å². The SMILES string of the molecule is COc1ccc(OC)c(CCNC(=O)NCc2ccc(S(=O)(=O)N3CCCCC3)cc2)c1. The van der Waals surface area contributed by atoms with Crippen LogP contribution in [-0.2, 0) is 23.0 Å². The summed E-state index contributed by atoms with van der Waals surface area (Å²) in [6, 6.07) is 11.9. The van der Waals surface area contributed by atoms with Gasteiger partial charge in [0.05, 0.1) is 19.1 Å². The number of nitrogens with zero attached hydrogens (tertiary/aromatic N) is 1. The fourth-order valence-corrected chi connectivity index (χ4v) is 5.18. The van der Waals surface area contributed by atoms with E-state index in [1.165, 1.54) is 0 Å². The lowest BCUT2D eigenvalue weighted by Gasteiger charge is -2.25. The predicted octanol–water partition coefficient (Wildman–Crippen LogP) is 2.92. The van der Waals surface area contributed by atoms with E-state index < -0.39 is 10.0 Å². The van der Waals surface area contributed by atoms with Gasteiger partial charge in [0.25, 0.3) is 0 Å². The molecule has 0 bridgehead atoms. The highest BCUT2D eigenvalue weighted by Gasteiger charge is 2.25. The summed E-state index contributed by atoms with van der Waals surface area (Å²) in [6.07, 6.45) is 3.48. The number of sulfonamides is 1. The van der Waals surface area contributed by atoms with Gasteiger partial charge in [0, 0.05) is 26.2 Å². The number of piperidine rings is 1. The van der Waals surface area contributed by atoms with Gasteiger partial charge in [-0.05, 0) is 60.7 Å². The van der Waals surface area contributed by atoms with E-state index in [0.717, 1.165) is 41.9 Å². The number of ether oxygens (including phenoxy) is 2. The number of nitrogens with one attached hydrogen (secondary N) is 2. The molecule has 32 heavy (non-hydrogen) atoms. The molecular weight excluding hydrogens is 430 g/mol. The Kier molecular flexibility index (Phi) is 8.35. The average molecular weight is 462 g/mol. The number of hydrogen-bond acceptors (Lipinski definition) is 5. The molecule has 2 amide bonds. The Morgan fingerprint density at radius 1 is 0.969 bits per heavy atom. The second kappa shape index (κ2) is 11.2. The molecule has 0 aromatic heterocycles. The van der Waals surface area contributed by atoms with Crippen molar-refractivity contribution >= 4 is 16.1 Å². The van der Waals surface area contributed by atoms with Crippen molar-refractivity contribution in [2.75, 3.05) is 33.9 Å². The topological polar surface area (TPSA) is 97.0 Å². The molecule has 1 aliphatic rings. The molecule has 1 fully saturated rings. The molecule has 0 spiro atoms. The first-order chi connectivity index (χ1) is 15.4. The van der Waals surface area contributed by atoms with E-state index in [2.05, 4.69) is 10.6 Å². The van der Waals surface area contributed by atoms with Gasteiger partial charge in [-0.25, -0.2) is 13.2 Å². The molecule has 0 unspecified atom stereocenters. The first kappa shape index (κ1) is 23.9. The zero-order valence-electron chi connectivity index (χ0n) is 18.6. The zero-order valence-corrected chi connectivity index (χ0v) is 19.4. The predicted molar refractivity (Wildman–Crippen MR) is 123 cm³/mol. The molecule has 2 aromatic rings. The third-order valence-corrected chi connectivity index (χ3v) is 7.41. The molecule has 0 saturated carbocycles. The summed E-state index contributed by atoms with van der Waals surface area (Å²) in [5.74, 6) is 1.48. The Morgan fingerprint density at radius 2 is 1.69 bits per heavy atom. The van der Waals surface area contributed by atoms with Gasteiger partial charge in [0.1, 0.15) is 11.5 Å². The largest absolute Gasteiger partial charge is 0.497 e. The minimum absolute atomic E-state index is 0.292. The van der Waals surface area contributed by atoms with Gasteiger partial charge in [0.2, 0.25) is 10.0 Å². The number of hydrogen-bond donors (Lipinski definition) is 2. The lowest BCUT2D eigenvalue weighted by Crippen LogP contribution is -2.36. The molecule has 2 aromatic carbocycles. The van der Waals surface area contributed by atoms with Crippen LogP contribution in [0, 0.1) is 0 Å². The highest BCUT2D eigenvalue weighted by Crippen LogP contribution is 2.24. The number of amides is 2. The van der Waals surface area contributed by atoms with Crippen LogP contribution in [0.3, 0.4) is 0 Å². The number of rotatable bonds is 9. The Bertz CT molecular complexity index is 1000. The number of urea groups is 1. The zero-order chi connectivity index (χ0) is 23.0. The number of methoxy groups -OCH3 is 2. The highest BCUT2D eigenvalue weighted by molar-refractivity contribution is 7.89. The van der Waals surface area contributed by atoms with Gasteiger partial charge >= 0.3 is 6.03 Å². The maximum absolute atomic E-state index is 12.7. The van der Waals surface area contributed by atoms with E-state index in [4.69, 9.17) is 9.47 Å². The molecule has 0 aliphatic carbocycles. The van der Waals surface area contributed by atoms with Crippen LogP contribution < -0.4 is 20.1 Å². The summed E-state index contributed by atoms with van der Waals surface area (Å²) in [6.45, 7) is 1.89. The second-order valence-electron chi connectivity index (χ2n) is 7.65. The molecule has 1 saturated heterocycles. The van der Waals surface area contributed by atoms with Gasteiger partial charge in [-0.3, -0.25) is 0 Å². The van der Waals surface area contributed by atoms with Crippen LogP contribution in [0.1, 0.15) is 30.4 Å². The van der Waals surface area contributed by atoms with Gasteiger partial charge in [-0.1, -0.05) is 18.6 Å². The van der Waals surface area contributed by atoms with Crippen molar-refractivity contribution < 1.29 is 22.7 Å². The monoisotopic (exact) mass is 461 g/mol. The van der Waals surface area contributed by atoms with Gasteiger partial charge < -0.3 is 20.1 Å². The summed E-state index contributed by atoms with van der Waals surface area (Å²) in [5, 5.41) is 5.61. The summed E-state index contributed by atoms with van der Waals surface area (Å²) in [4.78, 5) is 12.4. The van der Waals surface area contributed by atoms with Crippen molar-refractivity contribution in [3.05, 3.63) is 53.6 Å².